The van der Waals surface area contributed by atoms with E-state index < -0.39 is 0 Å². The van der Waals surface area contributed by atoms with E-state index in [1.54, 1.807) is 6.07 Å². The average molecular weight is 202 g/mol. The zero-order chi connectivity index (χ0) is 10.4. The number of rotatable bonds is 0. The largest absolute Gasteiger partial charge is 0.507 e. The van der Waals surface area contributed by atoms with Crippen molar-refractivity contribution in [1.29, 1.82) is 0 Å². The van der Waals surface area contributed by atoms with Crippen molar-refractivity contribution in [3.05, 3.63) is 29.5 Å². The molecule has 0 fully saturated rings. The zero-order valence-corrected chi connectivity index (χ0v) is 8.75. The van der Waals surface area contributed by atoms with Crippen LogP contribution in [0.5, 0.6) is 5.75 Å². The first kappa shape index (κ1) is 8.80. The fraction of sp³-hybridized carbons (Fsp3) is 0.333. The minimum absolute atomic E-state index is 0.396. The van der Waals surface area contributed by atoms with E-state index in [1.165, 1.54) is 11.3 Å². The maximum Gasteiger partial charge on any atom is 0.125 e. The quantitative estimate of drug-likeness (QED) is 0.679. The predicted molar refractivity (Wildman–Crippen MR) is 60.0 cm³/mol. The molecule has 0 amide bonds. The van der Waals surface area contributed by atoms with Crippen molar-refractivity contribution in [1.82, 2.24) is 9.88 Å². The number of nitrogens with zero attached hydrogens (tertiary/aromatic N) is 1. The molecule has 0 bridgehead atoms. The Balaban J connectivity index is 2.44. The van der Waals surface area contributed by atoms with Crippen molar-refractivity contribution in [2.45, 2.75) is 13.0 Å². The lowest BCUT2D eigenvalue weighted by molar-refractivity contribution is 0.481. The van der Waals surface area contributed by atoms with Gasteiger partial charge in [-0.05, 0) is 17.7 Å². The van der Waals surface area contributed by atoms with E-state index in [9.17, 15) is 5.11 Å². The molecule has 0 spiro atoms. The standard InChI is InChI=1S/C12H14N2O/c1-14-9-5-6-13-7-8(9)12-10(14)3-2-4-11(12)15/h2-4,13,15H,5-7H2,1H3. The van der Waals surface area contributed by atoms with Crippen LogP contribution in [0.25, 0.3) is 10.9 Å². The summed E-state index contributed by atoms with van der Waals surface area (Å²) in [7, 11) is 2.08. The molecule has 1 aliphatic rings. The van der Waals surface area contributed by atoms with Gasteiger partial charge in [0.05, 0.1) is 5.52 Å². The summed E-state index contributed by atoms with van der Waals surface area (Å²) in [5, 5.41) is 14.3. The van der Waals surface area contributed by atoms with Gasteiger partial charge in [0.2, 0.25) is 0 Å². The first-order valence-electron chi connectivity index (χ1n) is 5.28. The van der Waals surface area contributed by atoms with Crippen molar-refractivity contribution in [2.75, 3.05) is 6.54 Å². The first-order valence-corrected chi connectivity index (χ1v) is 5.28. The summed E-state index contributed by atoms with van der Waals surface area (Å²) in [5.41, 5.74) is 3.74. The van der Waals surface area contributed by atoms with Gasteiger partial charge in [0.25, 0.3) is 0 Å². The van der Waals surface area contributed by atoms with E-state index in [0.29, 0.717) is 5.75 Å². The lowest BCUT2D eigenvalue weighted by Crippen LogP contribution is -2.24. The summed E-state index contributed by atoms with van der Waals surface area (Å²) in [4.78, 5) is 0. The molecule has 2 N–H and O–H groups in total. The molecule has 3 nitrogen and oxygen atoms in total. The van der Waals surface area contributed by atoms with Crippen LogP contribution in [0.15, 0.2) is 18.2 Å². The SMILES string of the molecule is Cn1c2c(c3c(O)cccc31)CNCC2. The fourth-order valence-corrected chi connectivity index (χ4v) is 2.54. The maximum absolute atomic E-state index is 9.90. The van der Waals surface area contributed by atoms with Crippen LogP contribution < -0.4 is 5.32 Å². The lowest BCUT2D eigenvalue weighted by atomic mass is 10.1. The zero-order valence-electron chi connectivity index (χ0n) is 8.75. The van der Waals surface area contributed by atoms with E-state index in [0.717, 1.165) is 30.4 Å². The third-order valence-corrected chi connectivity index (χ3v) is 3.28. The second kappa shape index (κ2) is 3.00. The number of benzene rings is 1. The van der Waals surface area contributed by atoms with Gasteiger partial charge in [-0.2, -0.15) is 0 Å². The Bertz CT molecular complexity index is 528. The Kier molecular flexibility index (Phi) is 1.76. The minimum atomic E-state index is 0.396. The van der Waals surface area contributed by atoms with Gasteiger partial charge in [0.15, 0.2) is 0 Å². The summed E-state index contributed by atoms with van der Waals surface area (Å²) in [5.74, 6) is 0.396. The normalized spacial score (nSPS) is 15.5. The maximum atomic E-state index is 9.90. The van der Waals surface area contributed by atoms with Crippen molar-refractivity contribution < 1.29 is 5.11 Å². The third kappa shape index (κ3) is 1.10. The Morgan fingerprint density at radius 2 is 2.27 bits per heavy atom. The summed E-state index contributed by atoms with van der Waals surface area (Å²) in [6.45, 7) is 1.89. The van der Waals surface area contributed by atoms with Gasteiger partial charge in [0.1, 0.15) is 5.75 Å². The number of fused-ring (bicyclic) bond motifs is 3. The molecule has 2 heterocycles. The minimum Gasteiger partial charge on any atom is -0.507 e. The second-order valence-electron chi connectivity index (χ2n) is 4.08. The van der Waals surface area contributed by atoms with Crippen LogP contribution >= 0.6 is 0 Å². The molecule has 1 aliphatic heterocycles. The van der Waals surface area contributed by atoms with Gasteiger partial charge in [-0.1, -0.05) is 6.07 Å². The van der Waals surface area contributed by atoms with Crippen LogP contribution in [-0.2, 0) is 20.0 Å². The Hall–Kier alpha value is -1.48. The van der Waals surface area contributed by atoms with E-state index in [-0.39, 0.29) is 0 Å². The molecule has 0 saturated heterocycles. The van der Waals surface area contributed by atoms with Gasteiger partial charge >= 0.3 is 0 Å². The molecule has 1 aromatic heterocycles. The molecule has 0 unspecified atom stereocenters. The molecule has 15 heavy (non-hydrogen) atoms. The molecule has 0 radical (unpaired) electrons. The smallest absolute Gasteiger partial charge is 0.125 e. The van der Waals surface area contributed by atoms with Crippen LogP contribution in [0, 0.1) is 0 Å². The number of hydrogen-bond acceptors (Lipinski definition) is 2. The van der Waals surface area contributed by atoms with Crippen molar-refractivity contribution in [2.24, 2.45) is 7.05 Å². The van der Waals surface area contributed by atoms with Crippen LogP contribution in [0.4, 0.5) is 0 Å². The predicted octanol–water partition coefficient (Wildman–Crippen LogP) is 1.53. The van der Waals surface area contributed by atoms with Crippen LogP contribution in [0.3, 0.4) is 0 Å². The summed E-state index contributed by atoms with van der Waals surface area (Å²) < 4.78 is 2.20. The van der Waals surface area contributed by atoms with Gasteiger partial charge in [-0.25, -0.2) is 0 Å². The number of phenols is 1. The molecule has 0 saturated carbocycles. The van der Waals surface area contributed by atoms with Gasteiger partial charge < -0.3 is 15.0 Å². The number of aromatic hydroxyl groups is 1. The van der Waals surface area contributed by atoms with E-state index in [4.69, 9.17) is 0 Å². The molecule has 0 atom stereocenters. The third-order valence-electron chi connectivity index (χ3n) is 3.28. The molecule has 2 aromatic rings. The average Bonchev–Trinajstić information content (AvgIpc) is 2.55. The summed E-state index contributed by atoms with van der Waals surface area (Å²) in [6, 6.07) is 5.72. The molecule has 3 rings (SSSR count). The van der Waals surface area contributed by atoms with Crippen LogP contribution in [0.2, 0.25) is 0 Å². The molecule has 0 aliphatic carbocycles. The van der Waals surface area contributed by atoms with Crippen LogP contribution in [0.1, 0.15) is 11.3 Å². The molecule has 1 aromatic carbocycles. The second-order valence-corrected chi connectivity index (χ2v) is 4.08. The Morgan fingerprint density at radius 3 is 3.13 bits per heavy atom. The van der Waals surface area contributed by atoms with Crippen molar-refractivity contribution in [3.63, 3.8) is 0 Å². The highest BCUT2D eigenvalue weighted by Gasteiger charge is 2.19. The summed E-state index contributed by atoms with van der Waals surface area (Å²) in [6.07, 6.45) is 1.04. The number of nitrogens with one attached hydrogen (secondary N) is 1. The Labute approximate surface area is 88.3 Å². The highest BCUT2D eigenvalue weighted by atomic mass is 16.3. The van der Waals surface area contributed by atoms with E-state index >= 15 is 0 Å². The molecular weight excluding hydrogens is 188 g/mol. The monoisotopic (exact) mass is 202 g/mol. The lowest BCUT2D eigenvalue weighted by Gasteiger charge is -2.14. The molecule has 3 heteroatoms. The van der Waals surface area contributed by atoms with Gasteiger partial charge in [-0.3, -0.25) is 0 Å². The first-order chi connectivity index (χ1) is 7.29. The van der Waals surface area contributed by atoms with Gasteiger partial charge in [0, 0.05) is 37.6 Å². The summed E-state index contributed by atoms with van der Waals surface area (Å²) >= 11 is 0. The number of aromatic nitrogens is 1. The number of hydrogen-bond donors (Lipinski definition) is 2. The fourth-order valence-electron chi connectivity index (χ4n) is 2.54. The topological polar surface area (TPSA) is 37.2 Å². The van der Waals surface area contributed by atoms with Gasteiger partial charge in [-0.15, -0.1) is 0 Å². The molecular formula is C12H14N2O. The van der Waals surface area contributed by atoms with Crippen LogP contribution in [-0.4, -0.2) is 16.2 Å². The molecule has 78 valence electrons. The highest BCUT2D eigenvalue weighted by molar-refractivity contribution is 5.91. The number of phenolic OH excluding ortho intramolecular Hbond substituents is 1. The van der Waals surface area contributed by atoms with E-state index in [2.05, 4.69) is 23.0 Å². The van der Waals surface area contributed by atoms with Crippen molar-refractivity contribution in [3.8, 4) is 5.75 Å². The van der Waals surface area contributed by atoms with Crippen molar-refractivity contribution >= 4 is 10.9 Å². The Morgan fingerprint density at radius 1 is 1.40 bits per heavy atom. The van der Waals surface area contributed by atoms with E-state index in [1.807, 2.05) is 6.07 Å². The highest BCUT2D eigenvalue weighted by Crippen LogP contribution is 2.33. The number of aryl methyl sites for hydroxylation is 1.